The summed E-state index contributed by atoms with van der Waals surface area (Å²) in [5, 5.41) is 9.28. The van der Waals surface area contributed by atoms with Crippen LogP contribution in [0.3, 0.4) is 0 Å². The fourth-order valence-electron chi connectivity index (χ4n) is 2.79. The Bertz CT molecular complexity index is 796. The highest BCUT2D eigenvalue weighted by Gasteiger charge is 2.25. The number of ether oxygens (including phenoxy) is 1. The van der Waals surface area contributed by atoms with Crippen molar-refractivity contribution in [2.45, 2.75) is 24.2 Å². The highest BCUT2D eigenvalue weighted by atomic mass is 32.2. The monoisotopic (exact) mass is 342 g/mol. The third-order valence-electron chi connectivity index (χ3n) is 4.27. The zero-order chi connectivity index (χ0) is 17.3. The number of carbonyl (C=O) groups is 2. The molecule has 24 heavy (non-hydrogen) atoms. The first-order valence-electron chi connectivity index (χ1n) is 7.72. The predicted octanol–water partition coefficient (Wildman–Crippen LogP) is 3.76. The van der Waals surface area contributed by atoms with E-state index in [-0.39, 0.29) is 5.78 Å². The van der Waals surface area contributed by atoms with Crippen molar-refractivity contribution in [1.82, 2.24) is 0 Å². The van der Waals surface area contributed by atoms with Gasteiger partial charge in [0.25, 0.3) is 0 Å². The predicted molar refractivity (Wildman–Crippen MR) is 93.3 cm³/mol. The van der Waals surface area contributed by atoms with Crippen LogP contribution in [0.5, 0.6) is 5.75 Å². The molecule has 2 aromatic carbocycles. The van der Waals surface area contributed by atoms with Crippen LogP contribution >= 0.6 is 11.8 Å². The maximum Gasteiger partial charge on any atom is 0.310 e. The molecule has 1 N–H and O–H groups in total. The first-order valence-corrected chi connectivity index (χ1v) is 8.71. The molecule has 0 saturated heterocycles. The Hall–Kier alpha value is -2.27. The van der Waals surface area contributed by atoms with Gasteiger partial charge in [-0.25, -0.2) is 0 Å². The molecule has 0 bridgehead atoms. The van der Waals surface area contributed by atoms with Crippen LogP contribution in [0.4, 0.5) is 0 Å². The van der Waals surface area contributed by atoms with Gasteiger partial charge in [-0.3, -0.25) is 9.59 Å². The van der Waals surface area contributed by atoms with E-state index in [0.717, 1.165) is 22.6 Å². The summed E-state index contributed by atoms with van der Waals surface area (Å²) < 4.78 is 5.12. The zero-order valence-electron chi connectivity index (χ0n) is 13.5. The van der Waals surface area contributed by atoms with E-state index in [1.807, 2.05) is 6.07 Å². The Morgan fingerprint density at radius 1 is 1.21 bits per heavy atom. The fraction of sp³-hybridized carbons (Fsp3) is 0.263. The molecule has 0 radical (unpaired) electrons. The number of carboxylic acid groups (broad SMARTS) is 1. The topological polar surface area (TPSA) is 63.6 Å². The van der Waals surface area contributed by atoms with Crippen molar-refractivity contribution in [3.8, 4) is 5.75 Å². The Kier molecular flexibility index (Phi) is 4.62. The van der Waals surface area contributed by atoms with Crippen molar-refractivity contribution in [1.29, 1.82) is 0 Å². The second-order valence-electron chi connectivity index (χ2n) is 5.77. The first kappa shape index (κ1) is 16.6. The van der Waals surface area contributed by atoms with Crippen molar-refractivity contribution in [3.05, 3.63) is 58.7 Å². The van der Waals surface area contributed by atoms with E-state index < -0.39 is 11.9 Å². The molecule has 0 spiro atoms. The number of carbonyl (C=O) groups excluding carboxylic acids is 1. The number of thioether (sulfide) groups is 1. The number of ketones is 1. The third kappa shape index (κ3) is 3.04. The number of aliphatic carboxylic acids is 1. The number of benzene rings is 2. The fourth-order valence-corrected chi connectivity index (χ4v) is 3.97. The summed E-state index contributed by atoms with van der Waals surface area (Å²) in [6.07, 6.45) is 0.864. The molecule has 3 rings (SSSR count). The minimum atomic E-state index is -0.886. The largest absolute Gasteiger partial charge is 0.497 e. The number of methoxy groups -OCH3 is 1. The van der Waals surface area contributed by atoms with Gasteiger partial charge in [-0.1, -0.05) is 6.07 Å². The van der Waals surface area contributed by atoms with Crippen LogP contribution in [-0.2, 0) is 11.2 Å². The van der Waals surface area contributed by atoms with E-state index in [1.165, 1.54) is 0 Å². The second kappa shape index (κ2) is 6.69. The Balaban J connectivity index is 2.05. The number of hydrogen-bond donors (Lipinski definition) is 1. The molecule has 1 atom stereocenters. The molecule has 0 fully saturated rings. The van der Waals surface area contributed by atoms with Crippen molar-refractivity contribution in [3.63, 3.8) is 0 Å². The van der Waals surface area contributed by atoms with E-state index in [2.05, 4.69) is 0 Å². The number of aryl methyl sites for hydroxylation is 1. The SMILES string of the molecule is COc1ccc(C(=O)c2cc(C(C)C(=O)O)cc3c2SCC3)cc1. The normalized spacial score (nSPS) is 14.1. The number of rotatable bonds is 5. The summed E-state index contributed by atoms with van der Waals surface area (Å²) >= 11 is 1.66. The average molecular weight is 342 g/mol. The van der Waals surface area contributed by atoms with Crippen molar-refractivity contribution in [2.24, 2.45) is 0 Å². The molecule has 5 heteroatoms. The van der Waals surface area contributed by atoms with Gasteiger partial charge in [-0.2, -0.15) is 0 Å². The molecule has 4 nitrogen and oxygen atoms in total. The van der Waals surface area contributed by atoms with Gasteiger partial charge < -0.3 is 9.84 Å². The van der Waals surface area contributed by atoms with Crippen LogP contribution in [-0.4, -0.2) is 29.7 Å². The van der Waals surface area contributed by atoms with E-state index >= 15 is 0 Å². The van der Waals surface area contributed by atoms with Crippen LogP contribution in [0, 0.1) is 0 Å². The summed E-state index contributed by atoms with van der Waals surface area (Å²) in [6.45, 7) is 1.65. The first-order chi connectivity index (χ1) is 11.5. The van der Waals surface area contributed by atoms with Crippen LogP contribution < -0.4 is 4.74 Å². The third-order valence-corrected chi connectivity index (χ3v) is 5.45. The summed E-state index contributed by atoms with van der Waals surface area (Å²) in [6, 6.07) is 10.6. The lowest BCUT2D eigenvalue weighted by molar-refractivity contribution is -0.138. The Morgan fingerprint density at radius 2 is 1.92 bits per heavy atom. The molecule has 0 aliphatic carbocycles. The van der Waals surface area contributed by atoms with Crippen LogP contribution in [0.1, 0.15) is 39.9 Å². The molecule has 124 valence electrons. The molecule has 1 aliphatic rings. The highest BCUT2D eigenvalue weighted by Crippen LogP contribution is 2.38. The molecule has 0 aromatic heterocycles. The maximum atomic E-state index is 12.9. The van der Waals surface area contributed by atoms with Gasteiger partial charge >= 0.3 is 5.97 Å². The van der Waals surface area contributed by atoms with Gasteiger partial charge in [0, 0.05) is 21.8 Å². The quantitative estimate of drug-likeness (QED) is 0.838. The van der Waals surface area contributed by atoms with Crippen LogP contribution in [0.2, 0.25) is 0 Å². The van der Waals surface area contributed by atoms with Crippen LogP contribution in [0.15, 0.2) is 41.3 Å². The highest BCUT2D eigenvalue weighted by molar-refractivity contribution is 7.99. The summed E-state index contributed by atoms with van der Waals surface area (Å²) in [4.78, 5) is 25.2. The van der Waals surface area contributed by atoms with Crippen molar-refractivity contribution in [2.75, 3.05) is 12.9 Å². The molecule has 0 saturated carbocycles. The van der Waals surface area contributed by atoms with Gasteiger partial charge in [0.1, 0.15) is 5.75 Å². The number of carboxylic acids is 1. The van der Waals surface area contributed by atoms with Gasteiger partial charge in [0.05, 0.1) is 13.0 Å². The van der Waals surface area contributed by atoms with Crippen molar-refractivity contribution >= 4 is 23.5 Å². The summed E-state index contributed by atoms with van der Waals surface area (Å²) in [5.74, 6) is 0.0114. The lowest BCUT2D eigenvalue weighted by Gasteiger charge is -2.13. The van der Waals surface area contributed by atoms with Gasteiger partial charge in [-0.05, 0) is 54.8 Å². The maximum absolute atomic E-state index is 12.9. The number of hydrogen-bond acceptors (Lipinski definition) is 4. The minimum absolute atomic E-state index is 0.0808. The lowest BCUT2D eigenvalue weighted by Crippen LogP contribution is -2.11. The van der Waals surface area contributed by atoms with E-state index in [0.29, 0.717) is 22.4 Å². The minimum Gasteiger partial charge on any atom is -0.497 e. The molecule has 1 heterocycles. The standard InChI is InChI=1S/C19H18O4S/c1-11(19(21)22)14-9-13-7-8-24-18(13)16(10-14)17(20)12-3-5-15(23-2)6-4-12/h3-6,9-11H,7-8H2,1-2H3,(H,21,22). The lowest BCUT2D eigenvalue weighted by atomic mass is 9.92. The van der Waals surface area contributed by atoms with Gasteiger partial charge in [0.2, 0.25) is 0 Å². The van der Waals surface area contributed by atoms with Crippen LogP contribution in [0.25, 0.3) is 0 Å². The molecule has 2 aromatic rings. The molecule has 1 aliphatic heterocycles. The number of fused-ring (bicyclic) bond motifs is 1. The molecule has 0 amide bonds. The van der Waals surface area contributed by atoms with Gasteiger partial charge in [0.15, 0.2) is 5.78 Å². The van der Waals surface area contributed by atoms with E-state index in [9.17, 15) is 14.7 Å². The Labute approximate surface area is 144 Å². The molecular weight excluding hydrogens is 324 g/mol. The van der Waals surface area contributed by atoms with Crippen molar-refractivity contribution < 1.29 is 19.4 Å². The summed E-state index contributed by atoms with van der Waals surface area (Å²) in [5.41, 5.74) is 2.93. The van der Waals surface area contributed by atoms with E-state index in [1.54, 1.807) is 56.1 Å². The zero-order valence-corrected chi connectivity index (χ0v) is 14.4. The molecular formula is C19H18O4S. The smallest absolute Gasteiger partial charge is 0.310 e. The van der Waals surface area contributed by atoms with E-state index in [4.69, 9.17) is 4.74 Å². The summed E-state index contributed by atoms with van der Waals surface area (Å²) in [7, 11) is 1.58. The van der Waals surface area contributed by atoms with Gasteiger partial charge in [-0.15, -0.1) is 11.8 Å². The second-order valence-corrected chi connectivity index (χ2v) is 6.88. The Morgan fingerprint density at radius 3 is 2.54 bits per heavy atom. The molecule has 1 unspecified atom stereocenters. The average Bonchev–Trinajstić information content (AvgIpc) is 3.08.